The Morgan fingerprint density at radius 2 is 2.10 bits per heavy atom. The molecule has 1 atom stereocenters. The summed E-state index contributed by atoms with van der Waals surface area (Å²) in [6, 6.07) is 5.26. The van der Waals surface area contributed by atoms with E-state index in [4.69, 9.17) is 5.26 Å². The minimum atomic E-state index is -0.755. The van der Waals surface area contributed by atoms with E-state index in [1.54, 1.807) is 0 Å². The molecule has 7 nitrogen and oxygen atoms in total. The van der Waals surface area contributed by atoms with Crippen LogP contribution in [-0.4, -0.2) is 29.4 Å². The molecular weight excluding hydrogens is 272 g/mol. The third-order valence-corrected chi connectivity index (χ3v) is 2.68. The van der Waals surface area contributed by atoms with Crippen LogP contribution in [0.3, 0.4) is 0 Å². The number of pyridine rings is 1. The van der Waals surface area contributed by atoms with Crippen LogP contribution in [0.1, 0.15) is 30.8 Å². The molecule has 0 aliphatic heterocycles. The Balaban J connectivity index is 2.80. The summed E-state index contributed by atoms with van der Waals surface area (Å²) in [4.78, 5) is 37.5. The third kappa shape index (κ3) is 5.48. The van der Waals surface area contributed by atoms with E-state index in [0.29, 0.717) is 6.42 Å². The van der Waals surface area contributed by atoms with Gasteiger partial charge in [0, 0.05) is 6.07 Å². The maximum atomic E-state index is 12.0. The van der Waals surface area contributed by atoms with E-state index < -0.39 is 23.4 Å². The van der Waals surface area contributed by atoms with E-state index >= 15 is 0 Å². The van der Waals surface area contributed by atoms with Crippen LogP contribution in [0.4, 0.5) is 0 Å². The molecule has 0 aromatic carbocycles. The van der Waals surface area contributed by atoms with Crippen molar-refractivity contribution >= 4 is 11.8 Å². The van der Waals surface area contributed by atoms with E-state index in [2.05, 4.69) is 15.6 Å². The molecule has 0 fully saturated rings. The van der Waals surface area contributed by atoms with Gasteiger partial charge >= 0.3 is 0 Å². The first-order valence-electron chi connectivity index (χ1n) is 6.59. The molecule has 0 saturated heterocycles. The smallest absolute Gasteiger partial charge is 0.268 e. The lowest BCUT2D eigenvalue weighted by atomic mass is 10.0. The van der Waals surface area contributed by atoms with Crippen LogP contribution in [-0.2, 0) is 4.79 Å². The van der Waals surface area contributed by atoms with Crippen molar-refractivity contribution < 1.29 is 9.59 Å². The predicted molar refractivity (Wildman–Crippen MR) is 76.4 cm³/mol. The number of nitrogens with one attached hydrogen (secondary N) is 3. The summed E-state index contributed by atoms with van der Waals surface area (Å²) >= 11 is 0. The average Bonchev–Trinajstić information content (AvgIpc) is 2.43. The number of nitriles is 1. The Labute approximate surface area is 122 Å². The molecule has 0 aliphatic carbocycles. The van der Waals surface area contributed by atoms with Crippen molar-refractivity contribution in [3.05, 3.63) is 34.2 Å². The number of carbonyl (C=O) groups is 2. The summed E-state index contributed by atoms with van der Waals surface area (Å²) in [5.41, 5.74) is -0.304. The Bertz CT molecular complexity index is 601. The second kappa shape index (κ2) is 7.85. The molecule has 2 amide bonds. The van der Waals surface area contributed by atoms with Gasteiger partial charge < -0.3 is 15.6 Å². The van der Waals surface area contributed by atoms with Crippen molar-refractivity contribution in [3.8, 4) is 6.07 Å². The van der Waals surface area contributed by atoms with Gasteiger partial charge in [-0.2, -0.15) is 5.26 Å². The van der Waals surface area contributed by atoms with E-state index in [9.17, 15) is 14.4 Å². The first kappa shape index (κ1) is 16.4. The number of aromatic nitrogens is 1. The van der Waals surface area contributed by atoms with Gasteiger partial charge in [0.2, 0.25) is 11.5 Å². The van der Waals surface area contributed by atoms with E-state index in [0.717, 1.165) is 0 Å². The van der Waals surface area contributed by atoms with Gasteiger partial charge in [-0.25, -0.2) is 0 Å². The van der Waals surface area contributed by atoms with Crippen LogP contribution >= 0.6 is 0 Å². The highest BCUT2D eigenvalue weighted by molar-refractivity contribution is 5.96. The van der Waals surface area contributed by atoms with Crippen LogP contribution in [0.25, 0.3) is 0 Å². The summed E-state index contributed by atoms with van der Waals surface area (Å²) in [5, 5.41) is 13.5. The van der Waals surface area contributed by atoms with Crippen LogP contribution in [0.2, 0.25) is 0 Å². The van der Waals surface area contributed by atoms with Crippen LogP contribution < -0.4 is 16.2 Å². The molecule has 1 rings (SSSR count). The molecule has 0 unspecified atom stereocenters. The van der Waals surface area contributed by atoms with Gasteiger partial charge in [0.15, 0.2) is 0 Å². The Hall–Kier alpha value is -2.62. The zero-order valence-corrected chi connectivity index (χ0v) is 12.0. The topological polar surface area (TPSA) is 115 Å². The number of H-pyrrole nitrogens is 1. The molecule has 1 heterocycles. The predicted octanol–water partition coefficient (Wildman–Crippen LogP) is 0.159. The SMILES string of the molecule is CC(C)C[C@H](NC(=O)c1cccc(=O)[nH]1)C(=O)NCC#N. The molecule has 0 aliphatic rings. The zero-order valence-electron chi connectivity index (χ0n) is 12.0. The lowest BCUT2D eigenvalue weighted by molar-refractivity contribution is -0.123. The minimum absolute atomic E-state index is 0.0874. The molecule has 21 heavy (non-hydrogen) atoms. The number of rotatable bonds is 6. The molecule has 1 aromatic heterocycles. The number of hydrogen-bond donors (Lipinski definition) is 3. The van der Waals surface area contributed by atoms with E-state index in [1.165, 1.54) is 18.2 Å². The highest BCUT2D eigenvalue weighted by Gasteiger charge is 2.22. The van der Waals surface area contributed by atoms with Crippen molar-refractivity contribution in [2.24, 2.45) is 5.92 Å². The molecular formula is C14H18N4O3. The molecule has 3 N–H and O–H groups in total. The van der Waals surface area contributed by atoms with Crippen LogP contribution in [0, 0.1) is 17.2 Å². The van der Waals surface area contributed by atoms with Crippen LogP contribution in [0.15, 0.2) is 23.0 Å². The van der Waals surface area contributed by atoms with Gasteiger partial charge in [-0.05, 0) is 18.4 Å². The van der Waals surface area contributed by atoms with Gasteiger partial charge in [-0.3, -0.25) is 14.4 Å². The van der Waals surface area contributed by atoms with Gasteiger partial charge in [0.05, 0.1) is 6.07 Å². The molecule has 0 bridgehead atoms. The summed E-state index contributed by atoms with van der Waals surface area (Å²) in [7, 11) is 0. The maximum absolute atomic E-state index is 12.0. The Morgan fingerprint density at radius 3 is 2.67 bits per heavy atom. The molecule has 0 spiro atoms. The van der Waals surface area contributed by atoms with Gasteiger partial charge in [0.1, 0.15) is 18.3 Å². The number of carbonyl (C=O) groups excluding carboxylic acids is 2. The molecule has 112 valence electrons. The summed E-state index contributed by atoms with van der Waals surface area (Å²) in [6.45, 7) is 3.72. The molecule has 1 aromatic rings. The summed E-state index contributed by atoms with van der Waals surface area (Å²) in [6.07, 6.45) is 0.431. The van der Waals surface area contributed by atoms with Crippen molar-refractivity contribution in [3.63, 3.8) is 0 Å². The summed E-state index contributed by atoms with van der Waals surface area (Å²) in [5.74, 6) is -0.778. The largest absolute Gasteiger partial charge is 0.341 e. The summed E-state index contributed by atoms with van der Waals surface area (Å²) < 4.78 is 0. The second-order valence-electron chi connectivity index (χ2n) is 4.96. The van der Waals surface area contributed by atoms with Crippen molar-refractivity contribution in [1.82, 2.24) is 15.6 Å². The van der Waals surface area contributed by atoms with Gasteiger partial charge in [-0.1, -0.05) is 19.9 Å². The minimum Gasteiger partial charge on any atom is -0.341 e. The first-order chi connectivity index (χ1) is 9.93. The fraction of sp³-hybridized carbons (Fsp3) is 0.429. The van der Waals surface area contributed by atoms with Crippen molar-refractivity contribution in [2.75, 3.05) is 6.54 Å². The normalized spacial score (nSPS) is 11.5. The van der Waals surface area contributed by atoms with Gasteiger partial charge in [-0.15, -0.1) is 0 Å². The molecule has 0 radical (unpaired) electrons. The standard InChI is InChI=1S/C14H18N4O3/c1-9(2)8-11(13(20)16-7-6-15)18-14(21)10-4-3-5-12(19)17-10/h3-5,9,11H,7-8H2,1-2H3,(H,16,20)(H,17,19)(H,18,21)/t11-/m0/s1. The zero-order chi connectivity index (χ0) is 15.8. The highest BCUT2D eigenvalue weighted by Crippen LogP contribution is 2.06. The lowest BCUT2D eigenvalue weighted by Gasteiger charge is -2.19. The van der Waals surface area contributed by atoms with Gasteiger partial charge in [0.25, 0.3) is 5.91 Å². The Kier molecular flexibility index (Phi) is 6.14. The van der Waals surface area contributed by atoms with E-state index in [-0.39, 0.29) is 18.2 Å². The van der Waals surface area contributed by atoms with Crippen molar-refractivity contribution in [1.29, 1.82) is 5.26 Å². The quantitative estimate of drug-likeness (QED) is 0.647. The first-order valence-corrected chi connectivity index (χ1v) is 6.59. The number of nitrogens with zero attached hydrogens (tertiary/aromatic N) is 1. The maximum Gasteiger partial charge on any atom is 0.268 e. The van der Waals surface area contributed by atoms with E-state index in [1.807, 2.05) is 19.9 Å². The highest BCUT2D eigenvalue weighted by atomic mass is 16.2. The molecule has 0 saturated carbocycles. The number of amides is 2. The average molecular weight is 290 g/mol. The number of aromatic amines is 1. The number of hydrogen-bond acceptors (Lipinski definition) is 4. The monoisotopic (exact) mass is 290 g/mol. The van der Waals surface area contributed by atoms with Crippen LogP contribution in [0.5, 0.6) is 0 Å². The fourth-order valence-corrected chi connectivity index (χ4v) is 1.77. The second-order valence-corrected chi connectivity index (χ2v) is 4.96. The van der Waals surface area contributed by atoms with Crippen molar-refractivity contribution in [2.45, 2.75) is 26.3 Å². The Morgan fingerprint density at radius 1 is 1.38 bits per heavy atom. The fourth-order valence-electron chi connectivity index (χ4n) is 1.77. The molecule has 7 heteroatoms. The third-order valence-electron chi connectivity index (χ3n) is 2.68. The lowest BCUT2D eigenvalue weighted by Crippen LogP contribution is -2.47.